The van der Waals surface area contributed by atoms with Crippen LogP contribution in [-0.4, -0.2) is 61.7 Å². The number of alkyl halides is 2. The highest BCUT2D eigenvalue weighted by molar-refractivity contribution is 6.33. The second-order valence-corrected chi connectivity index (χ2v) is 10.8. The zero-order chi connectivity index (χ0) is 26.1. The van der Waals surface area contributed by atoms with Crippen molar-refractivity contribution in [1.29, 1.82) is 0 Å². The summed E-state index contributed by atoms with van der Waals surface area (Å²) < 4.78 is 56.2. The number of imidazole rings is 1. The van der Waals surface area contributed by atoms with Crippen LogP contribution in [0.4, 0.5) is 19.1 Å². The van der Waals surface area contributed by atoms with Crippen LogP contribution < -0.4 is 5.32 Å². The third kappa shape index (κ3) is 4.45. The Bertz CT molecular complexity index is 1350. The maximum Gasteiger partial charge on any atom is 0.248 e. The van der Waals surface area contributed by atoms with E-state index in [1.807, 2.05) is 18.4 Å². The van der Waals surface area contributed by atoms with Gasteiger partial charge in [0.15, 0.2) is 12.1 Å². The molecule has 3 aromatic rings. The summed E-state index contributed by atoms with van der Waals surface area (Å²) in [4.78, 5) is 13.2. The molecule has 2 aromatic heterocycles. The van der Waals surface area contributed by atoms with Gasteiger partial charge < -0.3 is 24.5 Å². The van der Waals surface area contributed by atoms with Gasteiger partial charge in [-0.3, -0.25) is 0 Å². The molecule has 6 rings (SSSR count). The van der Waals surface area contributed by atoms with Gasteiger partial charge in [0.25, 0.3) is 0 Å². The lowest BCUT2D eigenvalue weighted by Crippen LogP contribution is -2.48. The summed E-state index contributed by atoms with van der Waals surface area (Å²) in [5.41, 5.74) is 1.33. The van der Waals surface area contributed by atoms with Crippen LogP contribution in [0.2, 0.25) is 5.02 Å². The summed E-state index contributed by atoms with van der Waals surface area (Å²) in [6.45, 7) is 4.15. The van der Waals surface area contributed by atoms with E-state index in [1.165, 1.54) is 12.3 Å². The summed E-state index contributed by atoms with van der Waals surface area (Å²) >= 11 is 6.43. The standard InChI is InChI=1S/C25H27ClF3N5O3/c1-11(2)34-17-6-13(5-15(27)21(17)32-23(34)12-3-4-25(28,29)8-12)20-14(26)9-30-24(33-20)31-16-7-19-36-10-18(37-19)22(16)35/h5-6,9,11-12,16,18-19,22,35H,3-4,7-8,10H2,1-2H3,(H,30,31,33)/t12-,16-,18+,19+,22+/m1/s1. The third-order valence-corrected chi connectivity index (χ3v) is 7.68. The molecule has 0 unspecified atom stereocenters. The van der Waals surface area contributed by atoms with Gasteiger partial charge in [-0.05, 0) is 32.4 Å². The Hall–Kier alpha value is -2.47. The van der Waals surface area contributed by atoms with Crippen LogP contribution in [0.25, 0.3) is 22.3 Å². The minimum atomic E-state index is -2.74. The van der Waals surface area contributed by atoms with Crippen LogP contribution in [0.1, 0.15) is 57.3 Å². The molecule has 3 fully saturated rings. The molecule has 2 bridgehead atoms. The van der Waals surface area contributed by atoms with Gasteiger partial charge in [0.1, 0.15) is 23.5 Å². The highest BCUT2D eigenvalue weighted by Crippen LogP contribution is 2.45. The molecule has 3 aliphatic rings. The molecule has 12 heteroatoms. The van der Waals surface area contributed by atoms with Gasteiger partial charge in [-0.15, -0.1) is 0 Å². The SMILES string of the molecule is CC(C)n1c([C@@H]2CCC(F)(F)C2)nc2c(F)cc(-c3nc(N[C@@H]4C[C@H]5OC[C@H](O5)[C@H]4O)ncc3Cl)cc21. The first-order valence-electron chi connectivity index (χ1n) is 12.4. The van der Waals surface area contributed by atoms with Crippen LogP contribution in [-0.2, 0) is 9.47 Å². The van der Waals surface area contributed by atoms with Crippen LogP contribution in [0.15, 0.2) is 18.3 Å². The van der Waals surface area contributed by atoms with Crippen molar-refractivity contribution in [3.05, 3.63) is 35.0 Å². The summed E-state index contributed by atoms with van der Waals surface area (Å²) in [5.74, 6) is -3.08. The van der Waals surface area contributed by atoms with Crippen molar-refractivity contribution < 1.29 is 27.8 Å². The zero-order valence-corrected chi connectivity index (χ0v) is 21.1. The largest absolute Gasteiger partial charge is 0.388 e. The molecule has 5 atom stereocenters. The summed E-state index contributed by atoms with van der Waals surface area (Å²) in [7, 11) is 0. The van der Waals surface area contributed by atoms with Crippen LogP contribution >= 0.6 is 11.6 Å². The third-order valence-electron chi connectivity index (χ3n) is 7.41. The predicted molar refractivity (Wildman–Crippen MR) is 130 cm³/mol. The molecule has 198 valence electrons. The fourth-order valence-corrected chi connectivity index (χ4v) is 5.84. The fraction of sp³-hybridized carbons (Fsp3) is 0.560. The predicted octanol–water partition coefficient (Wildman–Crippen LogP) is 5.06. The van der Waals surface area contributed by atoms with Gasteiger partial charge in [0.05, 0.1) is 35.1 Å². The highest BCUT2D eigenvalue weighted by Gasteiger charge is 2.44. The van der Waals surface area contributed by atoms with E-state index in [0.29, 0.717) is 42.0 Å². The molecule has 37 heavy (non-hydrogen) atoms. The number of fused-ring (bicyclic) bond motifs is 3. The number of aliphatic hydroxyl groups is 1. The van der Waals surface area contributed by atoms with E-state index in [4.69, 9.17) is 21.1 Å². The van der Waals surface area contributed by atoms with Gasteiger partial charge >= 0.3 is 0 Å². The minimum Gasteiger partial charge on any atom is -0.388 e. The van der Waals surface area contributed by atoms with Crippen LogP contribution in [0.5, 0.6) is 0 Å². The molecule has 8 nitrogen and oxygen atoms in total. The molecule has 0 spiro atoms. The van der Waals surface area contributed by atoms with E-state index in [9.17, 15) is 13.9 Å². The number of hydrogen-bond acceptors (Lipinski definition) is 7. The lowest BCUT2D eigenvalue weighted by molar-refractivity contribution is -0.123. The van der Waals surface area contributed by atoms with Gasteiger partial charge in [-0.2, -0.15) is 0 Å². The van der Waals surface area contributed by atoms with Crippen molar-refractivity contribution in [2.75, 3.05) is 11.9 Å². The van der Waals surface area contributed by atoms with Gasteiger partial charge in [0, 0.05) is 36.8 Å². The number of aliphatic hydroxyl groups excluding tert-OH is 1. The summed E-state index contributed by atoms with van der Waals surface area (Å²) in [6.07, 6.45) is -0.00692. The van der Waals surface area contributed by atoms with E-state index in [1.54, 1.807) is 6.07 Å². The van der Waals surface area contributed by atoms with Gasteiger partial charge in [0.2, 0.25) is 11.9 Å². The molecule has 4 heterocycles. The van der Waals surface area contributed by atoms with E-state index < -0.39 is 42.2 Å². The Morgan fingerprint density at radius 2 is 2.08 bits per heavy atom. The fourth-order valence-electron chi connectivity index (χ4n) is 5.64. The van der Waals surface area contributed by atoms with Crippen molar-refractivity contribution in [3.63, 3.8) is 0 Å². The quantitative estimate of drug-likeness (QED) is 0.470. The summed E-state index contributed by atoms with van der Waals surface area (Å²) in [5, 5.41) is 13.9. The monoisotopic (exact) mass is 537 g/mol. The van der Waals surface area contributed by atoms with Crippen LogP contribution in [0, 0.1) is 5.82 Å². The van der Waals surface area contributed by atoms with Crippen molar-refractivity contribution in [3.8, 4) is 11.3 Å². The van der Waals surface area contributed by atoms with Crippen molar-refractivity contribution in [2.45, 2.75) is 82.0 Å². The van der Waals surface area contributed by atoms with E-state index in [0.717, 1.165) is 0 Å². The Kier molecular flexibility index (Phi) is 6.09. The number of rotatable bonds is 5. The Morgan fingerprint density at radius 1 is 1.27 bits per heavy atom. The molecule has 2 saturated heterocycles. The van der Waals surface area contributed by atoms with Crippen LogP contribution in [0.3, 0.4) is 0 Å². The Morgan fingerprint density at radius 3 is 2.81 bits per heavy atom. The first-order valence-corrected chi connectivity index (χ1v) is 12.8. The first kappa shape index (κ1) is 24.8. The molecule has 1 aliphatic carbocycles. The maximum atomic E-state index is 15.4. The average Bonchev–Trinajstić information content (AvgIpc) is 3.53. The molecule has 0 amide bonds. The lowest BCUT2D eigenvalue weighted by atomic mass is 10.0. The molecule has 2 N–H and O–H groups in total. The minimum absolute atomic E-state index is 0.130. The van der Waals surface area contributed by atoms with Gasteiger partial charge in [-0.25, -0.2) is 28.1 Å². The second kappa shape index (κ2) is 9.07. The highest BCUT2D eigenvalue weighted by atomic mass is 35.5. The number of anilines is 1. The molecular formula is C25H27ClF3N5O3. The molecular weight excluding hydrogens is 511 g/mol. The molecule has 1 aromatic carbocycles. The van der Waals surface area contributed by atoms with E-state index in [-0.39, 0.29) is 35.4 Å². The molecule has 1 saturated carbocycles. The topological polar surface area (TPSA) is 94.3 Å². The summed E-state index contributed by atoms with van der Waals surface area (Å²) in [6, 6.07) is 2.50. The number of halogens is 4. The first-order chi connectivity index (χ1) is 17.6. The molecule has 0 radical (unpaired) electrons. The normalized spacial score (nSPS) is 28.9. The maximum absolute atomic E-state index is 15.4. The Labute approximate surface area is 216 Å². The van der Waals surface area contributed by atoms with E-state index >= 15 is 4.39 Å². The smallest absolute Gasteiger partial charge is 0.248 e. The second-order valence-electron chi connectivity index (χ2n) is 10.4. The van der Waals surface area contributed by atoms with E-state index in [2.05, 4.69) is 20.3 Å². The van der Waals surface area contributed by atoms with Crippen molar-refractivity contribution in [1.82, 2.24) is 19.5 Å². The molecule has 2 aliphatic heterocycles. The number of hydrogen-bond donors (Lipinski definition) is 2. The lowest BCUT2D eigenvalue weighted by Gasteiger charge is -2.32. The number of benzene rings is 1. The zero-order valence-electron chi connectivity index (χ0n) is 20.3. The van der Waals surface area contributed by atoms with Crippen molar-refractivity contribution in [2.24, 2.45) is 0 Å². The number of aromatic nitrogens is 4. The number of nitrogens with zero attached hydrogens (tertiary/aromatic N) is 4. The van der Waals surface area contributed by atoms with Crippen molar-refractivity contribution >= 4 is 28.6 Å². The number of ether oxygens (including phenoxy) is 2. The average molecular weight is 538 g/mol. The Balaban J connectivity index is 1.37. The number of nitrogens with one attached hydrogen (secondary N) is 1. The van der Waals surface area contributed by atoms with Gasteiger partial charge in [-0.1, -0.05) is 11.6 Å².